The van der Waals surface area contributed by atoms with Crippen molar-refractivity contribution in [1.82, 2.24) is 10.2 Å². The van der Waals surface area contributed by atoms with Gasteiger partial charge in [0, 0.05) is 38.3 Å². The van der Waals surface area contributed by atoms with E-state index in [4.69, 9.17) is 9.47 Å². The first-order valence-corrected chi connectivity index (χ1v) is 8.81. The summed E-state index contributed by atoms with van der Waals surface area (Å²) in [4.78, 5) is 25.8. The van der Waals surface area contributed by atoms with Gasteiger partial charge < -0.3 is 25.4 Å². The number of anilines is 2. The molecule has 1 aromatic carbocycles. The summed E-state index contributed by atoms with van der Waals surface area (Å²) in [5.74, 6) is 0.345. The van der Waals surface area contributed by atoms with E-state index >= 15 is 0 Å². The number of methoxy groups -OCH3 is 1. The highest BCUT2D eigenvalue weighted by Gasteiger charge is 2.14. The van der Waals surface area contributed by atoms with Crippen molar-refractivity contribution in [3.05, 3.63) is 18.2 Å². The molecule has 1 saturated heterocycles. The fraction of sp³-hybridized carbons (Fsp3) is 0.556. The average Bonchev–Trinajstić information content (AvgIpc) is 2.60. The summed E-state index contributed by atoms with van der Waals surface area (Å²) >= 11 is 0. The van der Waals surface area contributed by atoms with Crippen LogP contribution in [-0.4, -0.2) is 62.8 Å². The molecule has 0 aliphatic carbocycles. The molecule has 3 N–H and O–H groups in total. The largest absolute Gasteiger partial charge is 0.495 e. The van der Waals surface area contributed by atoms with Gasteiger partial charge in [0.05, 0.1) is 26.0 Å². The van der Waals surface area contributed by atoms with Crippen molar-refractivity contribution in [2.75, 3.05) is 50.6 Å². The van der Waals surface area contributed by atoms with Crippen LogP contribution in [0, 0.1) is 0 Å². The van der Waals surface area contributed by atoms with Gasteiger partial charge in [0.2, 0.25) is 5.91 Å². The topological polar surface area (TPSA) is 91.9 Å². The first-order chi connectivity index (χ1) is 12.5. The van der Waals surface area contributed by atoms with Crippen LogP contribution in [0.25, 0.3) is 0 Å². The summed E-state index contributed by atoms with van der Waals surface area (Å²) in [7, 11) is 1.53. The van der Waals surface area contributed by atoms with Crippen molar-refractivity contribution in [1.29, 1.82) is 0 Å². The summed E-state index contributed by atoms with van der Waals surface area (Å²) in [5, 5.41) is 8.40. The number of hydrogen-bond acceptors (Lipinski definition) is 5. The third-order valence-electron chi connectivity index (χ3n) is 4.13. The highest BCUT2D eigenvalue weighted by atomic mass is 16.5. The Hall–Kier alpha value is -2.32. The average molecular weight is 364 g/mol. The number of urea groups is 1. The summed E-state index contributed by atoms with van der Waals surface area (Å²) < 4.78 is 10.6. The molecular formula is C18H28N4O4. The Morgan fingerprint density at radius 3 is 2.65 bits per heavy atom. The van der Waals surface area contributed by atoms with Crippen molar-refractivity contribution in [2.45, 2.75) is 26.3 Å². The number of morpholine rings is 1. The highest BCUT2D eigenvalue weighted by molar-refractivity contribution is 5.94. The molecule has 1 unspecified atom stereocenters. The number of benzene rings is 1. The molecule has 26 heavy (non-hydrogen) atoms. The number of carbonyl (C=O) groups excluding carboxylic acids is 2. The molecule has 8 nitrogen and oxygen atoms in total. The van der Waals surface area contributed by atoms with Crippen LogP contribution in [0.15, 0.2) is 18.2 Å². The van der Waals surface area contributed by atoms with Crippen molar-refractivity contribution in [2.24, 2.45) is 0 Å². The minimum absolute atomic E-state index is 0.0300. The van der Waals surface area contributed by atoms with Crippen LogP contribution in [0.5, 0.6) is 5.75 Å². The van der Waals surface area contributed by atoms with E-state index in [2.05, 4.69) is 20.9 Å². The predicted octanol–water partition coefficient (Wildman–Crippen LogP) is 1.89. The van der Waals surface area contributed by atoms with Crippen LogP contribution in [0.3, 0.4) is 0 Å². The number of carbonyl (C=O) groups is 2. The summed E-state index contributed by atoms with van der Waals surface area (Å²) in [5.41, 5.74) is 1.09. The zero-order valence-corrected chi connectivity index (χ0v) is 15.6. The van der Waals surface area contributed by atoms with E-state index in [1.807, 2.05) is 6.92 Å². The Bertz CT molecular complexity index is 617. The highest BCUT2D eigenvalue weighted by Crippen LogP contribution is 2.27. The van der Waals surface area contributed by atoms with Crippen molar-refractivity contribution in [3.8, 4) is 5.75 Å². The third kappa shape index (κ3) is 6.53. The summed E-state index contributed by atoms with van der Waals surface area (Å²) in [6, 6.07) is 4.80. The maximum absolute atomic E-state index is 12.3. The standard InChI is InChI=1S/C18H28N4O4/c1-13(6-7-22-8-10-26-11-9-22)19-18(24)21-16-12-15(20-14(2)23)4-5-17(16)25-3/h4-5,12-13H,6-11H2,1-3H3,(H,20,23)(H2,19,21,24). The Balaban J connectivity index is 1.86. The maximum Gasteiger partial charge on any atom is 0.319 e. The molecule has 1 atom stereocenters. The first-order valence-electron chi connectivity index (χ1n) is 8.81. The van der Waals surface area contributed by atoms with Crippen LogP contribution < -0.4 is 20.7 Å². The van der Waals surface area contributed by atoms with Crippen LogP contribution >= 0.6 is 0 Å². The van der Waals surface area contributed by atoms with E-state index < -0.39 is 0 Å². The number of rotatable bonds is 7. The molecule has 1 aliphatic rings. The van der Waals surface area contributed by atoms with Crippen LogP contribution in [0.2, 0.25) is 0 Å². The Morgan fingerprint density at radius 2 is 2.00 bits per heavy atom. The quantitative estimate of drug-likeness (QED) is 0.687. The maximum atomic E-state index is 12.3. The molecule has 0 aromatic heterocycles. The van der Waals surface area contributed by atoms with Crippen molar-refractivity contribution < 1.29 is 19.1 Å². The molecule has 8 heteroatoms. The lowest BCUT2D eigenvalue weighted by Gasteiger charge is -2.27. The lowest BCUT2D eigenvalue weighted by atomic mass is 10.2. The molecule has 0 saturated carbocycles. The minimum Gasteiger partial charge on any atom is -0.495 e. The number of nitrogens with one attached hydrogen (secondary N) is 3. The van der Waals surface area contributed by atoms with Crippen LogP contribution in [-0.2, 0) is 9.53 Å². The zero-order valence-electron chi connectivity index (χ0n) is 15.6. The first kappa shape index (κ1) is 20.0. The van der Waals surface area contributed by atoms with Crippen molar-refractivity contribution >= 4 is 23.3 Å². The lowest BCUT2D eigenvalue weighted by molar-refractivity contribution is -0.114. The minimum atomic E-state index is -0.308. The molecule has 1 aromatic rings. The molecule has 0 bridgehead atoms. The SMILES string of the molecule is COc1ccc(NC(C)=O)cc1NC(=O)NC(C)CCN1CCOCC1. The molecule has 0 spiro atoms. The second-order valence-electron chi connectivity index (χ2n) is 6.34. The fourth-order valence-electron chi connectivity index (χ4n) is 2.74. The number of amides is 3. The van der Waals surface area contributed by atoms with Gasteiger partial charge in [0.25, 0.3) is 0 Å². The van der Waals surface area contributed by atoms with Gasteiger partial charge in [-0.05, 0) is 31.5 Å². The van der Waals surface area contributed by atoms with Crippen LogP contribution in [0.1, 0.15) is 20.3 Å². The van der Waals surface area contributed by atoms with Gasteiger partial charge in [-0.15, -0.1) is 0 Å². The van der Waals surface area contributed by atoms with Gasteiger partial charge in [-0.3, -0.25) is 9.69 Å². The normalized spacial score (nSPS) is 15.8. The van der Waals surface area contributed by atoms with Gasteiger partial charge in [-0.2, -0.15) is 0 Å². The van der Waals surface area contributed by atoms with E-state index in [9.17, 15) is 9.59 Å². The molecule has 2 rings (SSSR count). The predicted molar refractivity (Wildman–Crippen MR) is 101 cm³/mol. The Morgan fingerprint density at radius 1 is 1.27 bits per heavy atom. The van der Waals surface area contributed by atoms with Gasteiger partial charge in [0.15, 0.2) is 0 Å². The Labute approximate surface area is 154 Å². The molecule has 144 valence electrons. The molecule has 1 fully saturated rings. The fourth-order valence-corrected chi connectivity index (χ4v) is 2.74. The second-order valence-corrected chi connectivity index (χ2v) is 6.34. The molecule has 1 heterocycles. The monoisotopic (exact) mass is 364 g/mol. The Kier molecular flexibility index (Phi) is 7.68. The third-order valence-corrected chi connectivity index (χ3v) is 4.13. The molecule has 0 radical (unpaired) electrons. The van der Waals surface area contributed by atoms with Crippen LogP contribution in [0.4, 0.5) is 16.2 Å². The summed E-state index contributed by atoms with van der Waals surface area (Å²) in [6.07, 6.45) is 0.858. The van der Waals surface area contributed by atoms with Crippen molar-refractivity contribution in [3.63, 3.8) is 0 Å². The zero-order chi connectivity index (χ0) is 18.9. The van der Waals surface area contributed by atoms with Gasteiger partial charge in [-0.1, -0.05) is 0 Å². The number of ether oxygens (including phenoxy) is 2. The summed E-state index contributed by atoms with van der Waals surface area (Å²) in [6.45, 7) is 7.74. The molecule has 1 aliphatic heterocycles. The lowest BCUT2D eigenvalue weighted by Crippen LogP contribution is -2.41. The number of nitrogens with zero attached hydrogens (tertiary/aromatic N) is 1. The van der Waals surface area contributed by atoms with Gasteiger partial charge >= 0.3 is 6.03 Å². The van der Waals surface area contributed by atoms with E-state index in [-0.39, 0.29) is 18.0 Å². The van der Waals surface area contributed by atoms with E-state index in [0.29, 0.717) is 17.1 Å². The molecule has 3 amide bonds. The van der Waals surface area contributed by atoms with Gasteiger partial charge in [-0.25, -0.2) is 4.79 Å². The van der Waals surface area contributed by atoms with E-state index in [0.717, 1.165) is 39.3 Å². The molecular weight excluding hydrogens is 336 g/mol. The number of hydrogen-bond donors (Lipinski definition) is 3. The van der Waals surface area contributed by atoms with E-state index in [1.54, 1.807) is 18.2 Å². The smallest absolute Gasteiger partial charge is 0.319 e. The van der Waals surface area contributed by atoms with E-state index in [1.165, 1.54) is 14.0 Å². The van der Waals surface area contributed by atoms with Gasteiger partial charge in [0.1, 0.15) is 5.75 Å². The second kappa shape index (κ2) is 9.98.